The summed E-state index contributed by atoms with van der Waals surface area (Å²) in [6.45, 7) is -0.244. The van der Waals surface area contributed by atoms with Crippen LogP contribution in [0.15, 0.2) is 22.2 Å². The zero-order valence-corrected chi connectivity index (χ0v) is 30.4. The van der Waals surface area contributed by atoms with Crippen molar-refractivity contribution in [3.05, 3.63) is 39.2 Å². The summed E-state index contributed by atoms with van der Waals surface area (Å²) in [5.41, 5.74) is 4.68. The van der Waals surface area contributed by atoms with Gasteiger partial charge in [-0.25, -0.2) is 28.2 Å². The van der Waals surface area contributed by atoms with Crippen molar-refractivity contribution in [2.45, 2.75) is 56.1 Å². The summed E-state index contributed by atoms with van der Waals surface area (Å²) in [5.74, 6) is -1.07. The molecule has 53 heavy (non-hydrogen) atoms. The number of hydrogen-bond donors (Lipinski definition) is 9. The number of H-pyrrole nitrogens is 2. The number of nitrogen functional groups attached to an aromatic ring is 1. The van der Waals surface area contributed by atoms with Crippen molar-refractivity contribution in [1.29, 1.82) is 0 Å². The number of aliphatic hydroxyl groups is 3. The molecule has 2 aliphatic rings. The third kappa shape index (κ3) is 7.94. The van der Waals surface area contributed by atoms with Crippen molar-refractivity contribution < 1.29 is 75.4 Å². The number of aryl methyl sites for hydroxylation is 2. The highest BCUT2D eigenvalue weighted by Gasteiger charge is 2.50. The SMILES string of the molecule is COC1[C@@H](COP(=O)(O)OP(=O)(O)OP(=O)(O)OC[C@H]2C[C@@H]([n+]3cn(C)c4c(=O)[nH]c(N)nc43)C(O)[C@H]2O)O[C@@H](n2cnc3c(=O)[nH]c(C)nc32)[C@H]1O. The molecule has 1 saturated carbocycles. The molecule has 2 fully saturated rings. The lowest BCUT2D eigenvalue weighted by Crippen LogP contribution is -2.45. The summed E-state index contributed by atoms with van der Waals surface area (Å²) in [5, 5.41) is 32.3. The first-order valence-corrected chi connectivity index (χ1v) is 19.8. The van der Waals surface area contributed by atoms with E-state index in [-0.39, 0.29) is 40.5 Å². The number of nitrogens with one attached hydrogen (secondary N) is 2. The monoisotopic (exact) mass is 814 g/mol. The lowest BCUT2D eigenvalue weighted by molar-refractivity contribution is -0.707. The zero-order valence-electron chi connectivity index (χ0n) is 27.7. The number of anilines is 1. The van der Waals surface area contributed by atoms with Crippen LogP contribution < -0.4 is 21.4 Å². The van der Waals surface area contributed by atoms with Crippen LogP contribution in [0.1, 0.15) is 24.5 Å². The molecule has 11 atom stereocenters. The zero-order chi connectivity index (χ0) is 38.8. The molecule has 0 aromatic carbocycles. The van der Waals surface area contributed by atoms with Crippen LogP contribution in [0.25, 0.3) is 22.3 Å². The molecule has 29 heteroatoms. The second kappa shape index (κ2) is 14.4. The minimum atomic E-state index is -5.92. The second-order valence-electron chi connectivity index (χ2n) is 12.2. The van der Waals surface area contributed by atoms with Gasteiger partial charge in [0.05, 0.1) is 32.7 Å². The van der Waals surface area contributed by atoms with Gasteiger partial charge in [0.1, 0.15) is 36.3 Å². The average molecular weight is 815 g/mol. The van der Waals surface area contributed by atoms with E-state index in [1.165, 1.54) is 47.4 Å². The van der Waals surface area contributed by atoms with E-state index in [2.05, 4.69) is 33.5 Å². The third-order valence-corrected chi connectivity index (χ3v) is 12.8. The average Bonchev–Trinajstić information content (AvgIpc) is 3.76. The summed E-state index contributed by atoms with van der Waals surface area (Å²) >= 11 is 0. The van der Waals surface area contributed by atoms with E-state index in [9.17, 15) is 53.3 Å². The topological polar surface area (TPSA) is 372 Å². The molecule has 6 rings (SSSR count). The van der Waals surface area contributed by atoms with E-state index in [0.29, 0.717) is 0 Å². The van der Waals surface area contributed by atoms with Crippen molar-refractivity contribution >= 4 is 51.7 Å². The minimum Gasteiger partial charge on any atom is -0.390 e. The Morgan fingerprint density at radius 1 is 0.981 bits per heavy atom. The summed E-state index contributed by atoms with van der Waals surface area (Å²) in [6, 6.07) is -0.942. The summed E-state index contributed by atoms with van der Waals surface area (Å²) in [6.07, 6.45) is -5.96. The highest BCUT2D eigenvalue weighted by atomic mass is 31.3. The number of phosphoric acid groups is 3. The maximum atomic E-state index is 12.6. The van der Waals surface area contributed by atoms with E-state index in [4.69, 9.17) is 24.3 Å². The quantitative estimate of drug-likeness (QED) is 0.0497. The maximum Gasteiger partial charge on any atom is 0.490 e. The van der Waals surface area contributed by atoms with Gasteiger partial charge in [0.15, 0.2) is 23.7 Å². The Kier molecular flexibility index (Phi) is 10.7. The van der Waals surface area contributed by atoms with Gasteiger partial charge in [-0.3, -0.25) is 32.8 Å². The molecule has 1 aliphatic carbocycles. The number of nitrogens with zero attached hydrogens (tertiary/aromatic N) is 6. The van der Waals surface area contributed by atoms with Gasteiger partial charge in [0.2, 0.25) is 5.52 Å². The first-order valence-electron chi connectivity index (χ1n) is 15.3. The molecular weight excluding hydrogens is 779 g/mol. The molecule has 1 saturated heterocycles. The van der Waals surface area contributed by atoms with Gasteiger partial charge in [-0.1, -0.05) is 4.98 Å². The Hall–Kier alpha value is -3.29. The van der Waals surface area contributed by atoms with Gasteiger partial charge < -0.3 is 50.2 Å². The number of nitrogens with two attached hydrogens (primary N) is 1. The van der Waals surface area contributed by atoms with Crippen LogP contribution >= 0.6 is 23.5 Å². The Labute approximate surface area is 295 Å². The van der Waals surface area contributed by atoms with Crippen LogP contribution in [0, 0.1) is 12.8 Å². The summed E-state index contributed by atoms with van der Waals surface area (Å²) in [7, 11) is -14.4. The molecule has 1 aliphatic heterocycles. The Bertz CT molecular complexity index is 2300. The largest absolute Gasteiger partial charge is 0.490 e. The van der Waals surface area contributed by atoms with Crippen molar-refractivity contribution in [1.82, 2.24) is 34.1 Å². The first-order chi connectivity index (χ1) is 24.7. The summed E-state index contributed by atoms with van der Waals surface area (Å²) < 4.78 is 70.6. The van der Waals surface area contributed by atoms with Crippen molar-refractivity contribution in [2.75, 3.05) is 26.1 Å². The number of fused-ring (bicyclic) bond motifs is 2. The molecule has 4 aromatic rings. The second-order valence-corrected chi connectivity index (χ2v) is 16.8. The molecular formula is C24H35N9O17P3+. The van der Waals surface area contributed by atoms with Crippen LogP contribution in [0.5, 0.6) is 0 Å². The smallest absolute Gasteiger partial charge is 0.390 e. The van der Waals surface area contributed by atoms with Gasteiger partial charge in [-0.05, 0) is 13.3 Å². The van der Waals surface area contributed by atoms with Gasteiger partial charge >= 0.3 is 29.1 Å². The van der Waals surface area contributed by atoms with E-state index in [0.717, 1.165) is 0 Å². The lowest BCUT2D eigenvalue weighted by atomic mass is 10.1. The fraction of sp³-hybridized carbons (Fsp3) is 0.583. The van der Waals surface area contributed by atoms with Crippen LogP contribution in [0.4, 0.5) is 5.95 Å². The highest BCUT2D eigenvalue weighted by molar-refractivity contribution is 7.66. The van der Waals surface area contributed by atoms with Gasteiger partial charge in [0, 0.05) is 13.0 Å². The molecule has 292 valence electrons. The molecule has 0 amide bonds. The number of aliphatic hydroxyl groups excluding tert-OH is 3. The van der Waals surface area contributed by atoms with Crippen LogP contribution in [-0.4, -0.2) is 115 Å². The number of hydrogen-bond acceptors (Lipinski definition) is 18. The van der Waals surface area contributed by atoms with E-state index in [1.807, 2.05) is 0 Å². The van der Waals surface area contributed by atoms with Crippen LogP contribution in [0.3, 0.4) is 0 Å². The predicted molar refractivity (Wildman–Crippen MR) is 172 cm³/mol. The Morgan fingerprint density at radius 2 is 1.64 bits per heavy atom. The van der Waals surface area contributed by atoms with E-state index < -0.39 is 96.5 Å². The number of methoxy groups -OCH3 is 1. The minimum absolute atomic E-state index is 0.0414. The molecule has 5 heterocycles. The third-order valence-electron chi connectivity index (χ3n) is 8.59. The maximum absolute atomic E-state index is 12.6. The van der Waals surface area contributed by atoms with E-state index >= 15 is 0 Å². The van der Waals surface area contributed by atoms with Gasteiger partial charge in [0.25, 0.3) is 17.1 Å². The fourth-order valence-electron chi connectivity index (χ4n) is 6.33. The highest BCUT2D eigenvalue weighted by Crippen LogP contribution is 2.68. The van der Waals surface area contributed by atoms with Crippen molar-refractivity contribution in [3.8, 4) is 0 Å². The normalized spacial score (nSPS) is 29.8. The molecule has 5 unspecified atom stereocenters. The van der Waals surface area contributed by atoms with Crippen LogP contribution in [-0.2, 0) is 47.9 Å². The molecule has 0 spiro atoms. The standard InChI is InChI=1S/C24H34N9O17P3/c1-9-27-19-13(21(37)28-9)26-7-32(19)23-17(36)18(45-3)12(48-23)6-47-52(41,42)50-53(43,44)49-51(39,40)46-5-10-4-11(16(35)15(10)34)33-8-31(2)14-20(33)29-24(25)30-22(14)38/h7-8,10-12,15-18,23,34-36H,4-6H2,1-3H3,(H6-,25,27,28,29,30,37,38,39,40,41,42,43,44)/p+1/t10-,11-,12-,15+,16?,17+,18?,23-/m1/s1. The Balaban J connectivity index is 1.06. The first kappa shape index (κ1) is 39.4. The number of ether oxygens (including phenoxy) is 2. The number of aromatic amines is 2. The molecule has 0 radical (unpaired) electrons. The Morgan fingerprint density at radius 3 is 2.30 bits per heavy atom. The molecule has 10 N–H and O–H groups in total. The van der Waals surface area contributed by atoms with Gasteiger partial charge in [-0.15, -0.1) is 0 Å². The van der Waals surface area contributed by atoms with Crippen LogP contribution in [0.2, 0.25) is 0 Å². The number of phosphoric ester groups is 2. The number of rotatable bonds is 13. The molecule has 0 bridgehead atoms. The molecule has 4 aromatic heterocycles. The van der Waals surface area contributed by atoms with Crippen molar-refractivity contribution in [2.24, 2.45) is 13.0 Å². The van der Waals surface area contributed by atoms with E-state index in [1.54, 1.807) is 0 Å². The fourth-order valence-corrected chi connectivity index (χ4v) is 9.90. The molecule has 26 nitrogen and oxygen atoms in total. The lowest BCUT2D eigenvalue weighted by Gasteiger charge is -2.22. The van der Waals surface area contributed by atoms with Crippen molar-refractivity contribution in [3.63, 3.8) is 0 Å². The predicted octanol–water partition coefficient (Wildman–Crippen LogP) is -2.50. The number of aromatic nitrogens is 8. The summed E-state index contributed by atoms with van der Waals surface area (Å²) in [4.78, 5) is 72.0. The van der Waals surface area contributed by atoms with Gasteiger partial charge in [-0.2, -0.15) is 8.62 Å². The number of imidazole rings is 2.